The van der Waals surface area contributed by atoms with Crippen LogP contribution in [0.15, 0.2) is 24.3 Å². The molecule has 134 valence electrons. The van der Waals surface area contributed by atoms with E-state index in [1.165, 1.54) is 25.0 Å². The number of hydrogen-bond acceptors (Lipinski definition) is 2. The Hall–Kier alpha value is -1.27. The number of carbonyl (C=O) groups excluding carboxylic acids is 1. The first-order chi connectivity index (χ1) is 10.9. The van der Waals surface area contributed by atoms with E-state index in [4.69, 9.17) is 0 Å². The molecule has 0 radical (unpaired) electrons. The van der Waals surface area contributed by atoms with Gasteiger partial charge in [-0.05, 0) is 62.4 Å². The molecule has 0 aromatic heterocycles. The fourth-order valence-electron chi connectivity index (χ4n) is 2.93. The van der Waals surface area contributed by atoms with E-state index >= 15 is 0 Å². The number of carbonyl (C=O) groups is 1. The summed E-state index contributed by atoms with van der Waals surface area (Å²) in [6.07, 6.45) is 0.0713. The average Bonchev–Trinajstić information content (AvgIpc) is 3.36. The Balaban J connectivity index is 0.00000208. The highest BCUT2D eigenvalue weighted by atomic mass is 35.5. The normalized spacial score (nSPS) is 19.0. The number of nitrogens with one attached hydrogen (secondary N) is 1. The molecule has 2 fully saturated rings. The maximum atomic E-state index is 12.5. The Morgan fingerprint density at radius 2 is 1.67 bits per heavy atom. The largest absolute Gasteiger partial charge is 0.416 e. The van der Waals surface area contributed by atoms with Crippen molar-refractivity contribution in [2.24, 2.45) is 5.92 Å². The summed E-state index contributed by atoms with van der Waals surface area (Å²) >= 11 is 0. The molecule has 1 aromatic rings. The standard InChI is InChI=1S/C17H21F3N2O.ClH/c18-17(19,20)14-5-3-13(4-6-14)16(23)22-9-7-15(8-10-22)21-11-12-1-2-12;/h3-6,12,15,21H,1-2,7-11H2;1H. The smallest absolute Gasteiger partial charge is 0.339 e. The zero-order valence-corrected chi connectivity index (χ0v) is 14.1. The third-order valence-electron chi connectivity index (χ3n) is 4.63. The van der Waals surface area contributed by atoms with E-state index in [0.29, 0.717) is 24.7 Å². The molecule has 24 heavy (non-hydrogen) atoms. The first-order valence-electron chi connectivity index (χ1n) is 8.13. The second-order valence-corrected chi connectivity index (χ2v) is 6.49. The number of nitrogens with zero attached hydrogens (tertiary/aromatic N) is 1. The van der Waals surface area contributed by atoms with Gasteiger partial charge in [0.1, 0.15) is 0 Å². The number of piperidine rings is 1. The zero-order chi connectivity index (χ0) is 16.4. The zero-order valence-electron chi connectivity index (χ0n) is 13.3. The van der Waals surface area contributed by atoms with Crippen LogP contribution in [-0.2, 0) is 6.18 Å². The van der Waals surface area contributed by atoms with Crippen LogP contribution in [0, 0.1) is 5.92 Å². The monoisotopic (exact) mass is 362 g/mol. The molecule has 0 unspecified atom stereocenters. The number of likely N-dealkylation sites (tertiary alicyclic amines) is 1. The molecular formula is C17H22ClF3N2O. The van der Waals surface area contributed by atoms with E-state index in [1.807, 2.05) is 0 Å². The molecule has 1 aromatic carbocycles. The topological polar surface area (TPSA) is 32.3 Å². The van der Waals surface area contributed by atoms with Crippen LogP contribution in [-0.4, -0.2) is 36.5 Å². The van der Waals surface area contributed by atoms with Crippen LogP contribution in [0.4, 0.5) is 13.2 Å². The Morgan fingerprint density at radius 3 is 2.17 bits per heavy atom. The summed E-state index contributed by atoms with van der Waals surface area (Å²) in [6.45, 7) is 2.38. The molecule has 1 aliphatic carbocycles. The van der Waals surface area contributed by atoms with Gasteiger partial charge in [0.25, 0.3) is 5.91 Å². The van der Waals surface area contributed by atoms with Gasteiger partial charge in [-0.25, -0.2) is 0 Å². The molecule has 1 amide bonds. The minimum atomic E-state index is -4.37. The summed E-state index contributed by atoms with van der Waals surface area (Å²) in [7, 11) is 0. The summed E-state index contributed by atoms with van der Waals surface area (Å²) in [5, 5.41) is 3.54. The summed E-state index contributed by atoms with van der Waals surface area (Å²) in [6, 6.07) is 4.92. The van der Waals surface area contributed by atoms with Crippen LogP contribution in [0.1, 0.15) is 41.6 Å². The highest BCUT2D eigenvalue weighted by molar-refractivity contribution is 5.94. The molecule has 0 atom stereocenters. The van der Waals surface area contributed by atoms with Crippen LogP contribution in [0.3, 0.4) is 0 Å². The molecule has 1 saturated carbocycles. The Morgan fingerprint density at radius 1 is 1.08 bits per heavy atom. The lowest BCUT2D eigenvalue weighted by molar-refractivity contribution is -0.137. The van der Waals surface area contributed by atoms with Crippen LogP contribution in [0.5, 0.6) is 0 Å². The van der Waals surface area contributed by atoms with Crippen molar-refractivity contribution in [3.05, 3.63) is 35.4 Å². The average molecular weight is 363 g/mol. The fourth-order valence-corrected chi connectivity index (χ4v) is 2.93. The highest BCUT2D eigenvalue weighted by Crippen LogP contribution is 2.30. The summed E-state index contributed by atoms with van der Waals surface area (Å²) in [5.41, 5.74) is -0.403. The number of amides is 1. The van der Waals surface area contributed by atoms with E-state index in [-0.39, 0.29) is 18.3 Å². The van der Waals surface area contributed by atoms with Gasteiger partial charge in [0.2, 0.25) is 0 Å². The number of benzene rings is 1. The quantitative estimate of drug-likeness (QED) is 0.885. The predicted octanol–water partition coefficient (Wildman–Crippen LogP) is 3.73. The van der Waals surface area contributed by atoms with Crippen molar-refractivity contribution in [3.8, 4) is 0 Å². The highest BCUT2D eigenvalue weighted by Gasteiger charge is 2.31. The maximum Gasteiger partial charge on any atom is 0.416 e. The van der Waals surface area contributed by atoms with Crippen molar-refractivity contribution in [1.29, 1.82) is 0 Å². The molecule has 1 saturated heterocycles. The maximum absolute atomic E-state index is 12.5. The summed E-state index contributed by atoms with van der Waals surface area (Å²) in [5.74, 6) is 0.654. The second-order valence-electron chi connectivity index (χ2n) is 6.49. The van der Waals surface area contributed by atoms with E-state index in [9.17, 15) is 18.0 Å². The third kappa shape index (κ3) is 4.86. The van der Waals surface area contributed by atoms with Gasteiger partial charge in [-0.2, -0.15) is 13.2 Å². The fraction of sp³-hybridized carbons (Fsp3) is 0.588. The number of rotatable bonds is 4. The van der Waals surface area contributed by atoms with Gasteiger partial charge in [0.15, 0.2) is 0 Å². The third-order valence-corrected chi connectivity index (χ3v) is 4.63. The lowest BCUT2D eigenvalue weighted by atomic mass is 10.0. The first kappa shape index (κ1) is 19.1. The minimum Gasteiger partial charge on any atom is -0.339 e. The van der Waals surface area contributed by atoms with Crippen LogP contribution >= 0.6 is 12.4 Å². The molecule has 3 nitrogen and oxygen atoms in total. The van der Waals surface area contributed by atoms with Gasteiger partial charge in [0.05, 0.1) is 5.56 Å². The van der Waals surface area contributed by atoms with Crippen LogP contribution in [0.2, 0.25) is 0 Å². The van der Waals surface area contributed by atoms with E-state index in [1.54, 1.807) is 4.90 Å². The van der Waals surface area contributed by atoms with E-state index in [2.05, 4.69) is 5.32 Å². The predicted molar refractivity (Wildman–Crippen MR) is 88.3 cm³/mol. The van der Waals surface area contributed by atoms with Crippen LogP contribution < -0.4 is 5.32 Å². The Kier molecular flexibility index (Phi) is 6.15. The Labute approximate surface area is 146 Å². The molecule has 1 aliphatic heterocycles. The van der Waals surface area contributed by atoms with Crippen molar-refractivity contribution in [1.82, 2.24) is 10.2 Å². The van der Waals surface area contributed by atoms with Gasteiger partial charge < -0.3 is 10.2 Å². The molecule has 1 heterocycles. The van der Waals surface area contributed by atoms with Crippen molar-refractivity contribution in [3.63, 3.8) is 0 Å². The van der Waals surface area contributed by atoms with Crippen LogP contribution in [0.25, 0.3) is 0 Å². The molecule has 1 N–H and O–H groups in total. The van der Waals surface area contributed by atoms with E-state index in [0.717, 1.165) is 37.4 Å². The van der Waals surface area contributed by atoms with Gasteiger partial charge in [-0.15, -0.1) is 12.4 Å². The van der Waals surface area contributed by atoms with Crippen molar-refractivity contribution in [2.45, 2.75) is 37.9 Å². The molecule has 2 aliphatic rings. The van der Waals surface area contributed by atoms with Crippen molar-refractivity contribution in [2.75, 3.05) is 19.6 Å². The van der Waals surface area contributed by atoms with Crippen molar-refractivity contribution < 1.29 is 18.0 Å². The summed E-state index contributed by atoms with van der Waals surface area (Å²) < 4.78 is 37.6. The number of alkyl halides is 3. The van der Waals surface area contributed by atoms with Gasteiger partial charge in [0, 0.05) is 24.7 Å². The molecule has 0 bridgehead atoms. The number of hydrogen-bond donors (Lipinski definition) is 1. The molecule has 3 rings (SSSR count). The first-order valence-corrected chi connectivity index (χ1v) is 8.13. The van der Waals surface area contributed by atoms with E-state index < -0.39 is 11.7 Å². The number of halogens is 4. The lowest BCUT2D eigenvalue weighted by Crippen LogP contribution is -2.45. The van der Waals surface area contributed by atoms with Gasteiger partial charge in [-0.1, -0.05) is 0 Å². The molecule has 0 spiro atoms. The summed E-state index contributed by atoms with van der Waals surface area (Å²) in [4.78, 5) is 14.1. The van der Waals surface area contributed by atoms with Crippen molar-refractivity contribution >= 4 is 18.3 Å². The van der Waals surface area contributed by atoms with Gasteiger partial charge in [-0.3, -0.25) is 4.79 Å². The molecule has 7 heteroatoms. The minimum absolute atomic E-state index is 0. The van der Waals surface area contributed by atoms with Gasteiger partial charge >= 0.3 is 6.18 Å². The molecular weight excluding hydrogens is 341 g/mol. The SMILES string of the molecule is Cl.O=C(c1ccc(C(F)(F)F)cc1)N1CCC(NCC2CC2)CC1. The second kappa shape index (κ2) is 7.74. The Bertz CT molecular complexity index is 550. The lowest BCUT2D eigenvalue weighted by Gasteiger charge is -2.32.